The van der Waals surface area contributed by atoms with Crippen molar-refractivity contribution in [3.8, 4) is 5.75 Å². The van der Waals surface area contributed by atoms with Crippen LogP contribution in [0.3, 0.4) is 0 Å². The van der Waals surface area contributed by atoms with Crippen LogP contribution in [0.15, 0.2) is 22.7 Å². The molecule has 6 heteroatoms. The predicted molar refractivity (Wildman–Crippen MR) is 70.7 cm³/mol. The molecule has 1 atom stereocenters. The topological polar surface area (TPSA) is 78.8 Å². The lowest BCUT2D eigenvalue weighted by atomic mass is 10.1. The first-order chi connectivity index (χ1) is 8.39. The molecular formula is C12H16BrNO4. The first kappa shape index (κ1) is 14.9. The van der Waals surface area contributed by atoms with E-state index in [1.807, 2.05) is 0 Å². The average molecular weight is 318 g/mol. The van der Waals surface area contributed by atoms with Crippen molar-refractivity contribution >= 4 is 21.8 Å². The number of halogens is 1. The van der Waals surface area contributed by atoms with Gasteiger partial charge in [0.2, 0.25) is 0 Å². The molecule has 0 fully saturated rings. The van der Waals surface area contributed by atoms with Crippen molar-refractivity contribution in [1.82, 2.24) is 5.32 Å². The Morgan fingerprint density at radius 3 is 2.72 bits per heavy atom. The molecule has 1 aromatic carbocycles. The van der Waals surface area contributed by atoms with E-state index in [2.05, 4.69) is 21.2 Å². The lowest BCUT2D eigenvalue weighted by Gasteiger charge is -2.20. The number of carbonyl (C=O) groups is 1. The molecule has 0 heterocycles. The molecule has 0 radical (unpaired) electrons. The highest BCUT2D eigenvalue weighted by Gasteiger charge is 2.20. The number of ether oxygens (including phenoxy) is 1. The van der Waals surface area contributed by atoms with E-state index in [0.717, 1.165) is 0 Å². The van der Waals surface area contributed by atoms with Crippen LogP contribution >= 0.6 is 15.9 Å². The lowest BCUT2D eigenvalue weighted by Crippen LogP contribution is -2.43. The van der Waals surface area contributed by atoms with Crippen molar-refractivity contribution in [2.45, 2.75) is 12.5 Å². The highest BCUT2D eigenvalue weighted by molar-refractivity contribution is 9.10. The molecule has 5 nitrogen and oxygen atoms in total. The molecular weight excluding hydrogens is 302 g/mol. The largest absolute Gasteiger partial charge is 0.496 e. The Kier molecular flexibility index (Phi) is 5.13. The van der Waals surface area contributed by atoms with Gasteiger partial charge in [0.05, 0.1) is 18.2 Å². The lowest BCUT2D eigenvalue weighted by molar-refractivity contribution is 0.00320. The summed E-state index contributed by atoms with van der Waals surface area (Å²) in [5.41, 5.74) is -0.879. The number of aliphatic hydroxyl groups excluding tert-OH is 1. The molecule has 1 unspecified atom stereocenters. The fraction of sp³-hybridized carbons (Fsp3) is 0.417. The van der Waals surface area contributed by atoms with E-state index in [4.69, 9.17) is 9.84 Å². The highest BCUT2D eigenvalue weighted by Crippen LogP contribution is 2.25. The van der Waals surface area contributed by atoms with Gasteiger partial charge in [-0.2, -0.15) is 0 Å². The maximum Gasteiger partial charge on any atom is 0.251 e. The van der Waals surface area contributed by atoms with Crippen molar-refractivity contribution in [3.05, 3.63) is 28.2 Å². The number of carbonyl (C=O) groups excluding carboxylic acids is 1. The molecule has 0 aromatic heterocycles. The van der Waals surface area contributed by atoms with Gasteiger partial charge in [0.1, 0.15) is 11.4 Å². The standard InChI is InChI=1S/C12H16BrNO4/c1-12(17,7-15)6-14-11(16)8-3-4-10(18-2)9(13)5-8/h3-5,15,17H,6-7H2,1-2H3,(H,14,16). The Morgan fingerprint density at radius 1 is 1.56 bits per heavy atom. The van der Waals surface area contributed by atoms with Crippen LogP contribution < -0.4 is 10.1 Å². The zero-order chi connectivity index (χ0) is 13.8. The second-order valence-corrected chi connectivity index (χ2v) is 5.04. The zero-order valence-electron chi connectivity index (χ0n) is 10.2. The number of hydrogen-bond donors (Lipinski definition) is 3. The van der Waals surface area contributed by atoms with Gasteiger partial charge in [-0.25, -0.2) is 0 Å². The van der Waals surface area contributed by atoms with Crippen molar-refractivity contribution in [2.24, 2.45) is 0 Å². The Balaban J connectivity index is 2.71. The highest BCUT2D eigenvalue weighted by atomic mass is 79.9. The predicted octanol–water partition coefficient (Wildman–Crippen LogP) is 0.931. The van der Waals surface area contributed by atoms with Crippen LogP contribution in [0.1, 0.15) is 17.3 Å². The maximum absolute atomic E-state index is 11.8. The second kappa shape index (κ2) is 6.17. The molecule has 0 aliphatic heterocycles. The number of aliphatic hydroxyl groups is 2. The van der Waals surface area contributed by atoms with Gasteiger partial charge < -0.3 is 20.3 Å². The summed E-state index contributed by atoms with van der Waals surface area (Å²) >= 11 is 3.29. The number of nitrogens with one attached hydrogen (secondary N) is 1. The first-order valence-corrected chi connectivity index (χ1v) is 6.14. The summed E-state index contributed by atoms with van der Waals surface area (Å²) in [6.45, 7) is 1.00. The van der Waals surface area contributed by atoms with E-state index in [1.54, 1.807) is 18.2 Å². The summed E-state index contributed by atoms with van der Waals surface area (Å²) in [6.07, 6.45) is 0. The Hall–Kier alpha value is -1.11. The van der Waals surface area contributed by atoms with Crippen molar-refractivity contribution in [2.75, 3.05) is 20.3 Å². The van der Waals surface area contributed by atoms with E-state index in [9.17, 15) is 9.90 Å². The molecule has 1 rings (SSSR count). The molecule has 0 aliphatic rings. The molecule has 1 aromatic rings. The van der Waals surface area contributed by atoms with Gasteiger partial charge in [0, 0.05) is 12.1 Å². The van der Waals surface area contributed by atoms with Crippen LogP contribution in [0.25, 0.3) is 0 Å². The Bertz CT molecular complexity index is 434. The number of methoxy groups -OCH3 is 1. The molecule has 100 valence electrons. The summed E-state index contributed by atoms with van der Waals surface area (Å²) in [5.74, 6) is 0.306. The minimum absolute atomic E-state index is 0.0218. The van der Waals surface area contributed by atoms with Gasteiger partial charge in [0.15, 0.2) is 0 Å². The zero-order valence-corrected chi connectivity index (χ0v) is 11.8. The van der Waals surface area contributed by atoms with Crippen LogP contribution in [0.2, 0.25) is 0 Å². The minimum Gasteiger partial charge on any atom is -0.496 e. The van der Waals surface area contributed by atoms with Crippen LogP contribution in [0.4, 0.5) is 0 Å². The van der Waals surface area contributed by atoms with E-state index in [-0.39, 0.29) is 12.5 Å². The number of benzene rings is 1. The number of hydrogen-bond acceptors (Lipinski definition) is 4. The van der Waals surface area contributed by atoms with E-state index in [1.165, 1.54) is 14.0 Å². The van der Waals surface area contributed by atoms with Crippen molar-refractivity contribution in [1.29, 1.82) is 0 Å². The summed E-state index contributed by atoms with van der Waals surface area (Å²) < 4.78 is 5.73. The first-order valence-electron chi connectivity index (χ1n) is 5.34. The van der Waals surface area contributed by atoms with E-state index >= 15 is 0 Å². The van der Waals surface area contributed by atoms with Gasteiger partial charge in [-0.05, 0) is 41.1 Å². The van der Waals surface area contributed by atoms with Gasteiger partial charge in [-0.15, -0.1) is 0 Å². The van der Waals surface area contributed by atoms with Gasteiger partial charge in [0.25, 0.3) is 5.91 Å². The van der Waals surface area contributed by atoms with Gasteiger partial charge >= 0.3 is 0 Å². The van der Waals surface area contributed by atoms with E-state index < -0.39 is 12.2 Å². The summed E-state index contributed by atoms with van der Waals surface area (Å²) in [4.78, 5) is 11.8. The minimum atomic E-state index is -1.32. The smallest absolute Gasteiger partial charge is 0.251 e. The molecule has 0 aliphatic carbocycles. The SMILES string of the molecule is COc1ccc(C(=O)NCC(C)(O)CO)cc1Br. The fourth-order valence-corrected chi connectivity index (χ4v) is 1.78. The van der Waals surface area contributed by atoms with Crippen LogP contribution in [-0.2, 0) is 0 Å². The fourth-order valence-electron chi connectivity index (χ4n) is 1.24. The molecule has 1 amide bonds. The summed E-state index contributed by atoms with van der Waals surface area (Å²) in [7, 11) is 1.54. The third-order valence-corrected chi connectivity index (χ3v) is 3.00. The van der Waals surface area contributed by atoms with Gasteiger partial charge in [-0.1, -0.05) is 0 Å². The molecule has 18 heavy (non-hydrogen) atoms. The van der Waals surface area contributed by atoms with Crippen LogP contribution in [0.5, 0.6) is 5.75 Å². The van der Waals surface area contributed by atoms with Crippen LogP contribution in [-0.4, -0.2) is 42.0 Å². The Labute approximate surface area is 114 Å². The monoisotopic (exact) mass is 317 g/mol. The quantitative estimate of drug-likeness (QED) is 0.755. The molecule has 0 saturated heterocycles. The molecule has 0 spiro atoms. The summed E-state index contributed by atoms with van der Waals surface area (Å²) in [5, 5.41) is 21.0. The normalized spacial score (nSPS) is 13.8. The third kappa shape index (κ3) is 3.97. The summed E-state index contributed by atoms with van der Waals surface area (Å²) in [6, 6.07) is 4.91. The van der Waals surface area contributed by atoms with Crippen LogP contribution in [0, 0.1) is 0 Å². The number of rotatable bonds is 5. The maximum atomic E-state index is 11.8. The average Bonchev–Trinajstić information content (AvgIpc) is 2.36. The van der Waals surface area contributed by atoms with Crippen molar-refractivity contribution in [3.63, 3.8) is 0 Å². The Morgan fingerprint density at radius 2 is 2.22 bits per heavy atom. The molecule has 3 N–H and O–H groups in total. The van der Waals surface area contributed by atoms with Crippen molar-refractivity contribution < 1.29 is 19.7 Å². The third-order valence-electron chi connectivity index (χ3n) is 2.38. The molecule has 0 bridgehead atoms. The van der Waals surface area contributed by atoms with Gasteiger partial charge in [-0.3, -0.25) is 4.79 Å². The van der Waals surface area contributed by atoms with E-state index in [0.29, 0.717) is 15.8 Å². The second-order valence-electron chi connectivity index (χ2n) is 4.19. The molecule has 0 saturated carbocycles. The number of amides is 1.